The van der Waals surface area contributed by atoms with Crippen molar-refractivity contribution in [2.75, 3.05) is 6.61 Å². The van der Waals surface area contributed by atoms with Gasteiger partial charge in [-0.05, 0) is 112 Å². The molecular formula is C27H40F2O2. The van der Waals surface area contributed by atoms with Crippen molar-refractivity contribution in [2.24, 2.45) is 23.7 Å². The van der Waals surface area contributed by atoms with Gasteiger partial charge in [-0.1, -0.05) is 19.1 Å². The van der Waals surface area contributed by atoms with E-state index in [2.05, 4.69) is 13.5 Å². The second-order valence-electron chi connectivity index (χ2n) is 9.86. The average molecular weight is 435 g/mol. The summed E-state index contributed by atoms with van der Waals surface area (Å²) < 4.78 is 34.1. The maximum absolute atomic E-state index is 14.6. The lowest BCUT2D eigenvalue weighted by Crippen LogP contribution is -2.27. The molecule has 1 aromatic rings. The monoisotopic (exact) mass is 434 g/mol. The maximum atomic E-state index is 14.6. The average Bonchev–Trinajstić information content (AvgIpc) is 2.81. The highest BCUT2D eigenvalue weighted by atomic mass is 19.2. The number of aliphatic hydroxyl groups excluding tert-OH is 1. The molecule has 1 N–H and O–H groups in total. The lowest BCUT2D eigenvalue weighted by Gasteiger charge is -2.39. The summed E-state index contributed by atoms with van der Waals surface area (Å²) in [7, 11) is 0. The molecule has 2 fully saturated rings. The maximum Gasteiger partial charge on any atom is 0.200 e. The first kappa shape index (κ1) is 24.2. The lowest BCUT2D eigenvalue weighted by molar-refractivity contribution is 0.127. The molecule has 2 aliphatic rings. The summed E-state index contributed by atoms with van der Waals surface area (Å²) in [6.07, 6.45) is 12.4. The van der Waals surface area contributed by atoms with Gasteiger partial charge in [-0.2, -0.15) is 4.39 Å². The van der Waals surface area contributed by atoms with Crippen LogP contribution >= 0.6 is 0 Å². The molecule has 3 rings (SSSR count). The van der Waals surface area contributed by atoms with Gasteiger partial charge in [0.05, 0.1) is 12.7 Å². The zero-order valence-electron chi connectivity index (χ0n) is 19.3. The number of rotatable bonds is 9. The van der Waals surface area contributed by atoms with Crippen LogP contribution in [-0.4, -0.2) is 17.8 Å². The van der Waals surface area contributed by atoms with Crippen molar-refractivity contribution >= 4 is 0 Å². The number of halogens is 2. The van der Waals surface area contributed by atoms with Crippen LogP contribution in [0.4, 0.5) is 8.78 Å². The molecule has 0 amide bonds. The minimum atomic E-state index is -0.838. The summed E-state index contributed by atoms with van der Waals surface area (Å²) in [4.78, 5) is 0. The Hall–Kier alpha value is -1.42. The third-order valence-corrected chi connectivity index (χ3v) is 8.07. The molecule has 1 aromatic carbocycles. The molecule has 0 spiro atoms. The van der Waals surface area contributed by atoms with E-state index in [0.29, 0.717) is 18.1 Å². The molecule has 0 saturated heterocycles. The van der Waals surface area contributed by atoms with Gasteiger partial charge in [-0.25, -0.2) is 4.39 Å². The van der Waals surface area contributed by atoms with Gasteiger partial charge >= 0.3 is 0 Å². The van der Waals surface area contributed by atoms with Crippen molar-refractivity contribution in [3.05, 3.63) is 42.0 Å². The van der Waals surface area contributed by atoms with Crippen molar-refractivity contribution in [3.63, 3.8) is 0 Å². The van der Waals surface area contributed by atoms with Crippen molar-refractivity contribution < 1.29 is 18.6 Å². The molecule has 2 unspecified atom stereocenters. The van der Waals surface area contributed by atoms with Gasteiger partial charge in [0.25, 0.3) is 0 Å². The second-order valence-corrected chi connectivity index (χ2v) is 9.86. The highest BCUT2D eigenvalue weighted by molar-refractivity contribution is 5.33. The standard InChI is InChI=1S/C27H40F2O2/c1-4-23(30)15-6-18(3)19-7-9-20(10-8-19)21-11-13-22(14-12-21)24-16-17-25(31-5-2)27(29)26(24)28/h4,16-23,30H,1,5-15H2,2-3H3. The predicted octanol–water partition coefficient (Wildman–Crippen LogP) is 7.41. The Balaban J connectivity index is 1.47. The molecular weight excluding hydrogens is 394 g/mol. The van der Waals surface area contributed by atoms with E-state index in [1.165, 1.54) is 25.7 Å². The number of hydrogen-bond acceptors (Lipinski definition) is 2. The fourth-order valence-electron chi connectivity index (χ4n) is 6.00. The smallest absolute Gasteiger partial charge is 0.200 e. The molecule has 174 valence electrons. The SMILES string of the molecule is C=CC(O)CCC(C)C1CCC(C2CCC(c3ccc(OCC)c(F)c3F)CC2)CC1. The molecule has 2 atom stereocenters. The number of ether oxygens (including phenoxy) is 1. The fraction of sp³-hybridized carbons (Fsp3) is 0.704. The molecule has 0 aliphatic heterocycles. The number of benzene rings is 1. The second kappa shape index (κ2) is 11.4. The summed E-state index contributed by atoms with van der Waals surface area (Å²) in [6.45, 7) is 8.10. The minimum Gasteiger partial charge on any atom is -0.491 e. The topological polar surface area (TPSA) is 29.5 Å². The molecule has 2 nitrogen and oxygen atoms in total. The molecule has 2 aliphatic carbocycles. The minimum absolute atomic E-state index is 0.0161. The third kappa shape index (κ3) is 6.09. The zero-order valence-corrected chi connectivity index (χ0v) is 19.3. The van der Waals surface area contributed by atoms with Crippen molar-refractivity contribution in [2.45, 2.75) is 90.1 Å². The summed E-state index contributed by atoms with van der Waals surface area (Å²) >= 11 is 0. The van der Waals surface area contributed by atoms with E-state index in [4.69, 9.17) is 4.74 Å². The Kier molecular flexibility index (Phi) is 8.95. The van der Waals surface area contributed by atoms with Gasteiger partial charge in [-0.3, -0.25) is 0 Å². The van der Waals surface area contributed by atoms with Gasteiger partial charge in [0.15, 0.2) is 11.6 Å². The van der Waals surface area contributed by atoms with Crippen LogP contribution in [0.15, 0.2) is 24.8 Å². The summed E-state index contributed by atoms with van der Waals surface area (Å²) in [5.74, 6) is 1.52. The predicted molar refractivity (Wildman–Crippen MR) is 122 cm³/mol. The summed E-state index contributed by atoms with van der Waals surface area (Å²) in [6, 6.07) is 3.31. The molecule has 0 bridgehead atoms. The summed E-state index contributed by atoms with van der Waals surface area (Å²) in [5.41, 5.74) is 0.527. The molecule has 0 heterocycles. The van der Waals surface area contributed by atoms with Crippen LogP contribution in [0.25, 0.3) is 0 Å². The molecule has 31 heavy (non-hydrogen) atoms. The number of aliphatic hydroxyl groups is 1. The van der Waals surface area contributed by atoms with Gasteiger partial charge in [0.2, 0.25) is 5.82 Å². The van der Waals surface area contributed by atoms with Gasteiger partial charge in [-0.15, -0.1) is 6.58 Å². The van der Waals surface area contributed by atoms with Crippen LogP contribution in [0.1, 0.15) is 89.5 Å². The Labute approximate surface area is 187 Å². The van der Waals surface area contributed by atoms with Crippen LogP contribution in [0.2, 0.25) is 0 Å². The van der Waals surface area contributed by atoms with E-state index < -0.39 is 11.6 Å². The Morgan fingerprint density at radius 2 is 1.61 bits per heavy atom. The molecule has 0 aromatic heterocycles. The van der Waals surface area contributed by atoms with E-state index in [1.807, 2.05) is 0 Å². The third-order valence-electron chi connectivity index (χ3n) is 8.07. The summed E-state index contributed by atoms with van der Waals surface area (Å²) in [5, 5.41) is 9.72. The Morgan fingerprint density at radius 1 is 1.00 bits per heavy atom. The Morgan fingerprint density at radius 3 is 2.19 bits per heavy atom. The van der Waals surface area contributed by atoms with Gasteiger partial charge in [0.1, 0.15) is 0 Å². The first-order valence-electron chi connectivity index (χ1n) is 12.4. The van der Waals surface area contributed by atoms with Crippen molar-refractivity contribution in [1.82, 2.24) is 0 Å². The van der Waals surface area contributed by atoms with E-state index in [9.17, 15) is 13.9 Å². The fourth-order valence-corrected chi connectivity index (χ4v) is 6.00. The Bertz CT molecular complexity index is 703. The highest BCUT2D eigenvalue weighted by Gasteiger charge is 2.33. The first-order valence-corrected chi connectivity index (χ1v) is 12.4. The normalized spacial score (nSPS) is 28.7. The molecule has 0 radical (unpaired) electrons. The molecule has 2 saturated carbocycles. The van der Waals surface area contributed by atoms with Crippen LogP contribution in [-0.2, 0) is 0 Å². The molecule has 4 heteroatoms. The lowest BCUT2D eigenvalue weighted by atomic mass is 9.66. The van der Waals surface area contributed by atoms with Crippen LogP contribution < -0.4 is 4.74 Å². The first-order chi connectivity index (χ1) is 14.9. The zero-order chi connectivity index (χ0) is 22.4. The van der Waals surface area contributed by atoms with E-state index in [0.717, 1.165) is 56.3 Å². The van der Waals surface area contributed by atoms with Crippen LogP contribution in [0.5, 0.6) is 5.75 Å². The quantitative estimate of drug-likeness (QED) is 0.410. The van der Waals surface area contributed by atoms with Gasteiger partial charge < -0.3 is 9.84 Å². The van der Waals surface area contributed by atoms with Crippen LogP contribution in [0, 0.1) is 35.3 Å². The van der Waals surface area contributed by atoms with E-state index >= 15 is 0 Å². The van der Waals surface area contributed by atoms with Crippen LogP contribution in [0.3, 0.4) is 0 Å². The van der Waals surface area contributed by atoms with E-state index in [1.54, 1.807) is 25.1 Å². The van der Waals surface area contributed by atoms with Crippen molar-refractivity contribution in [3.8, 4) is 5.75 Å². The highest BCUT2D eigenvalue weighted by Crippen LogP contribution is 2.46. The van der Waals surface area contributed by atoms with Gasteiger partial charge in [0, 0.05) is 0 Å². The van der Waals surface area contributed by atoms with Crippen molar-refractivity contribution in [1.29, 1.82) is 0 Å². The largest absolute Gasteiger partial charge is 0.491 e. The van der Waals surface area contributed by atoms with E-state index in [-0.39, 0.29) is 17.8 Å². The number of hydrogen-bond donors (Lipinski definition) is 1.